The number of rotatable bonds is 13. The molecular weight excluding hydrogens is 412 g/mol. The monoisotopic (exact) mass is 446 g/mol. The molecule has 5 unspecified atom stereocenters. The Labute approximate surface area is 180 Å². The highest BCUT2D eigenvalue weighted by molar-refractivity contribution is 5.95. The van der Waals surface area contributed by atoms with Crippen LogP contribution in [0.2, 0.25) is 0 Å². The first kappa shape index (κ1) is 28.3. The second-order valence-corrected chi connectivity index (χ2v) is 8.18. The SMILES string of the molecule is CC(C)CC(NC(=O)C(CC(=O)O)NC(=O)C(N)C(C)C)C(=O)NC(C(=O)O)C(C)O. The molecule has 0 heterocycles. The van der Waals surface area contributed by atoms with Crippen LogP contribution in [0, 0.1) is 11.8 Å². The summed E-state index contributed by atoms with van der Waals surface area (Å²) in [6.07, 6.45) is -2.04. The number of carbonyl (C=O) groups excluding carboxylic acids is 3. The molecule has 0 spiro atoms. The maximum absolute atomic E-state index is 12.7. The maximum Gasteiger partial charge on any atom is 0.328 e. The number of nitrogens with one attached hydrogen (secondary N) is 3. The third-order valence-corrected chi connectivity index (χ3v) is 4.42. The fourth-order valence-corrected chi connectivity index (χ4v) is 2.57. The Morgan fingerprint density at radius 1 is 0.806 bits per heavy atom. The van der Waals surface area contributed by atoms with Crippen LogP contribution in [0.5, 0.6) is 0 Å². The minimum atomic E-state index is -1.60. The molecule has 12 heteroatoms. The van der Waals surface area contributed by atoms with Gasteiger partial charge in [-0.05, 0) is 25.2 Å². The molecule has 12 nitrogen and oxygen atoms in total. The summed E-state index contributed by atoms with van der Waals surface area (Å²) in [5, 5.41) is 34.6. The highest BCUT2D eigenvalue weighted by atomic mass is 16.4. The van der Waals surface area contributed by atoms with Crippen molar-refractivity contribution in [2.75, 3.05) is 0 Å². The molecule has 0 radical (unpaired) electrons. The van der Waals surface area contributed by atoms with Gasteiger partial charge in [-0.25, -0.2) is 4.79 Å². The summed E-state index contributed by atoms with van der Waals surface area (Å²) in [6, 6.07) is -5.29. The summed E-state index contributed by atoms with van der Waals surface area (Å²) < 4.78 is 0. The topological polar surface area (TPSA) is 208 Å². The number of amides is 3. The maximum atomic E-state index is 12.7. The lowest BCUT2D eigenvalue weighted by Crippen LogP contribution is -2.59. The van der Waals surface area contributed by atoms with Gasteiger partial charge in [0.2, 0.25) is 17.7 Å². The van der Waals surface area contributed by atoms with E-state index in [1.807, 2.05) is 0 Å². The summed E-state index contributed by atoms with van der Waals surface area (Å²) in [6.45, 7) is 8.06. The Kier molecular flexibility index (Phi) is 11.7. The van der Waals surface area contributed by atoms with Crippen LogP contribution in [0.1, 0.15) is 47.5 Å². The fourth-order valence-electron chi connectivity index (χ4n) is 2.57. The molecule has 0 aliphatic carbocycles. The number of aliphatic carboxylic acids is 2. The highest BCUT2D eigenvalue weighted by Crippen LogP contribution is 2.08. The van der Waals surface area contributed by atoms with E-state index >= 15 is 0 Å². The van der Waals surface area contributed by atoms with Crippen LogP contribution < -0.4 is 21.7 Å². The molecule has 0 aromatic rings. The minimum Gasteiger partial charge on any atom is -0.481 e. The second kappa shape index (κ2) is 12.8. The molecule has 0 aliphatic rings. The van der Waals surface area contributed by atoms with Crippen LogP contribution in [0.3, 0.4) is 0 Å². The van der Waals surface area contributed by atoms with Crippen LogP contribution in [0.4, 0.5) is 0 Å². The van der Waals surface area contributed by atoms with Gasteiger partial charge in [0.1, 0.15) is 12.1 Å². The molecule has 0 saturated heterocycles. The van der Waals surface area contributed by atoms with Crippen molar-refractivity contribution >= 4 is 29.7 Å². The van der Waals surface area contributed by atoms with Gasteiger partial charge >= 0.3 is 11.9 Å². The third kappa shape index (κ3) is 10.2. The lowest BCUT2D eigenvalue weighted by atomic mass is 10.0. The van der Waals surface area contributed by atoms with Crippen LogP contribution >= 0.6 is 0 Å². The molecule has 5 atom stereocenters. The van der Waals surface area contributed by atoms with Gasteiger partial charge in [0.25, 0.3) is 0 Å². The average Bonchev–Trinajstić information content (AvgIpc) is 2.62. The number of aliphatic hydroxyl groups is 1. The van der Waals surface area contributed by atoms with Crippen LogP contribution in [0.25, 0.3) is 0 Å². The first-order valence-corrected chi connectivity index (χ1v) is 9.96. The largest absolute Gasteiger partial charge is 0.481 e. The first-order valence-electron chi connectivity index (χ1n) is 9.96. The molecular formula is C19H34N4O8. The molecule has 0 aromatic carbocycles. The van der Waals surface area contributed by atoms with Gasteiger partial charge < -0.3 is 37.0 Å². The number of nitrogens with two attached hydrogens (primary N) is 1. The van der Waals surface area contributed by atoms with Crippen molar-refractivity contribution in [3.63, 3.8) is 0 Å². The normalized spacial score (nSPS) is 16.0. The van der Waals surface area contributed by atoms with E-state index < -0.39 is 66.4 Å². The average molecular weight is 447 g/mol. The third-order valence-electron chi connectivity index (χ3n) is 4.42. The molecule has 3 amide bonds. The number of carboxylic acid groups (broad SMARTS) is 2. The minimum absolute atomic E-state index is 0.100. The van der Waals surface area contributed by atoms with Gasteiger partial charge in [0.05, 0.1) is 18.6 Å². The first-order chi connectivity index (χ1) is 14.2. The van der Waals surface area contributed by atoms with E-state index in [2.05, 4.69) is 16.0 Å². The van der Waals surface area contributed by atoms with Crippen molar-refractivity contribution < 1.29 is 39.3 Å². The predicted molar refractivity (Wildman–Crippen MR) is 110 cm³/mol. The zero-order valence-electron chi connectivity index (χ0n) is 18.4. The Bertz CT molecular complexity index is 665. The van der Waals surface area contributed by atoms with Gasteiger partial charge in [-0.15, -0.1) is 0 Å². The standard InChI is InChI=1S/C19H34N4O8/c1-8(2)6-11(17(28)23-15(10(5)24)19(30)31)21-16(27)12(7-13(25)26)22-18(29)14(20)9(3)4/h8-12,14-15,24H,6-7,20H2,1-5H3,(H,21,27)(H,22,29)(H,23,28)(H,25,26)(H,30,31). The van der Waals surface area contributed by atoms with Crippen LogP contribution in [0.15, 0.2) is 0 Å². The summed E-state index contributed by atoms with van der Waals surface area (Å²) in [4.78, 5) is 59.8. The summed E-state index contributed by atoms with van der Waals surface area (Å²) in [5.41, 5.74) is 5.73. The van der Waals surface area contributed by atoms with E-state index in [0.29, 0.717) is 0 Å². The number of aliphatic hydroxyl groups excluding tert-OH is 1. The Morgan fingerprint density at radius 2 is 1.29 bits per heavy atom. The molecule has 0 saturated carbocycles. The molecule has 0 rings (SSSR count). The summed E-state index contributed by atoms with van der Waals surface area (Å²) in [5.74, 6) is -5.71. The summed E-state index contributed by atoms with van der Waals surface area (Å²) >= 11 is 0. The lowest BCUT2D eigenvalue weighted by molar-refractivity contribution is -0.145. The molecule has 8 N–H and O–H groups in total. The van der Waals surface area contributed by atoms with Crippen LogP contribution in [-0.4, -0.2) is 75.3 Å². The van der Waals surface area contributed by atoms with E-state index in [1.165, 1.54) is 6.92 Å². The van der Waals surface area contributed by atoms with Crippen molar-refractivity contribution in [3.8, 4) is 0 Å². The van der Waals surface area contributed by atoms with Gasteiger partial charge in [0, 0.05) is 0 Å². The van der Waals surface area contributed by atoms with Crippen molar-refractivity contribution in [1.82, 2.24) is 16.0 Å². The molecule has 0 aromatic heterocycles. The van der Waals surface area contributed by atoms with E-state index in [1.54, 1.807) is 27.7 Å². The van der Waals surface area contributed by atoms with E-state index in [0.717, 1.165) is 0 Å². The molecule has 31 heavy (non-hydrogen) atoms. The van der Waals surface area contributed by atoms with Gasteiger partial charge in [-0.3, -0.25) is 19.2 Å². The Balaban J connectivity index is 5.54. The molecule has 0 aliphatic heterocycles. The molecule has 0 fully saturated rings. The van der Waals surface area contributed by atoms with E-state index in [-0.39, 0.29) is 18.3 Å². The van der Waals surface area contributed by atoms with Crippen molar-refractivity contribution in [2.45, 2.75) is 77.7 Å². The quantitative estimate of drug-likeness (QED) is 0.174. The second-order valence-electron chi connectivity index (χ2n) is 8.18. The van der Waals surface area contributed by atoms with Crippen molar-refractivity contribution in [1.29, 1.82) is 0 Å². The van der Waals surface area contributed by atoms with Gasteiger partial charge in [-0.2, -0.15) is 0 Å². The number of carboxylic acids is 2. The van der Waals surface area contributed by atoms with Crippen molar-refractivity contribution in [2.24, 2.45) is 17.6 Å². The number of hydrogen-bond acceptors (Lipinski definition) is 7. The van der Waals surface area contributed by atoms with E-state index in [4.69, 9.17) is 15.9 Å². The van der Waals surface area contributed by atoms with E-state index in [9.17, 15) is 29.1 Å². The Morgan fingerprint density at radius 3 is 1.68 bits per heavy atom. The smallest absolute Gasteiger partial charge is 0.328 e. The zero-order valence-corrected chi connectivity index (χ0v) is 18.4. The predicted octanol–water partition coefficient (Wildman–Crippen LogP) is -1.59. The van der Waals surface area contributed by atoms with Crippen molar-refractivity contribution in [3.05, 3.63) is 0 Å². The number of hydrogen-bond donors (Lipinski definition) is 7. The molecule has 0 bridgehead atoms. The van der Waals surface area contributed by atoms with Gasteiger partial charge in [-0.1, -0.05) is 27.7 Å². The zero-order chi connectivity index (χ0) is 24.5. The highest BCUT2D eigenvalue weighted by Gasteiger charge is 2.33. The van der Waals surface area contributed by atoms with Crippen LogP contribution in [-0.2, 0) is 24.0 Å². The Hall–Kier alpha value is -2.73. The molecule has 178 valence electrons. The van der Waals surface area contributed by atoms with Gasteiger partial charge in [0.15, 0.2) is 6.04 Å². The fraction of sp³-hybridized carbons (Fsp3) is 0.737. The summed E-state index contributed by atoms with van der Waals surface area (Å²) in [7, 11) is 0. The lowest BCUT2D eigenvalue weighted by Gasteiger charge is -2.26. The number of carbonyl (C=O) groups is 5.